The Balaban J connectivity index is 2.34. The van der Waals surface area contributed by atoms with Crippen molar-refractivity contribution in [3.63, 3.8) is 0 Å². The number of nitrogens with zero attached hydrogens (tertiary/aromatic N) is 1. The molecule has 3 atom stereocenters. The topological polar surface area (TPSA) is 24.5 Å². The van der Waals surface area contributed by atoms with E-state index < -0.39 is 0 Å². The minimum absolute atomic E-state index is 0.424. The summed E-state index contributed by atoms with van der Waals surface area (Å²) in [6.45, 7) is 7.94. The van der Waals surface area contributed by atoms with E-state index in [0.29, 0.717) is 18.1 Å². The molecule has 14 heavy (non-hydrogen) atoms. The Bertz CT molecular complexity index is 163. The molecule has 1 aliphatic rings. The van der Waals surface area contributed by atoms with Crippen molar-refractivity contribution < 1.29 is 4.74 Å². The predicted molar refractivity (Wildman–Crippen MR) is 59.5 cm³/mol. The van der Waals surface area contributed by atoms with Crippen LogP contribution >= 0.6 is 0 Å². The molecule has 0 aromatic heterocycles. The quantitative estimate of drug-likeness (QED) is 0.731. The lowest BCUT2D eigenvalue weighted by Gasteiger charge is -2.37. The number of methoxy groups -OCH3 is 1. The molecule has 3 unspecified atom stereocenters. The van der Waals surface area contributed by atoms with Gasteiger partial charge in [0.15, 0.2) is 0 Å². The third-order valence-electron chi connectivity index (χ3n) is 3.30. The van der Waals surface area contributed by atoms with E-state index in [1.54, 1.807) is 0 Å². The fourth-order valence-electron chi connectivity index (χ4n) is 2.05. The van der Waals surface area contributed by atoms with Crippen LogP contribution in [0.4, 0.5) is 0 Å². The van der Waals surface area contributed by atoms with E-state index in [1.807, 2.05) is 14.2 Å². The van der Waals surface area contributed by atoms with Crippen LogP contribution in [0.1, 0.15) is 20.3 Å². The highest BCUT2D eigenvalue weighted by Crippen LogP contribution is 2.19. The Morgan fingerprint density at radius 3 is 2.86 bits per heavy atom. The zero-order valence-electron chi connectivity index (χ0n) is 9.92. The van der Waals surface area contributed by atoms with E-state index in [2.05, 4.69) is 24.1 Å². The number of rotatable bonds is 4. The van der Waals surface area contributed by atoms with Crippen LogP contribution in [0.15, 0.2) is 0 Å². The summed E-state index contributed by atoms with van der Waals surface area (Å²) in [4.78, 5) is 2.50. The Kier molecular flexibility index (Phi) is 4.85. The molecule has 0 aromatic rings. The normalized spacial score (nSPS) is 31.7. The van der Waals surface area contributed by atoms with E-state index in [-0.39, 0.29) is 0 Å². The predicted octanol–water partition coefficient (Wildman–Crippen LogP) is 0.951. The molecule has 3 nitrogen and oxygen atoms in total. The molecule has 1 saturated heterocycles. The van der Waals surface area contributed by atoms with Crippen LogP contribution in [-0.4, -0.2) is 50.8 Å². The van der Waals surface area contributed by atoms with Gasteiger partial charge in [-0.15, -0.1) is 0 Å². The third kappa shape index (κ3) is 3.23. The van der Waals surface area contributed by atoms with Crippen molar-refractivity contribution in [3.05, 3.63) is 0 Å². The Morgan fingerprint density at radius 1 is 1.57 bits per heavy atom. The summed E-state index contributed by atoms with van der Waals surface area (Å²) in [5.74, 6) is 0.709. The molecule has 84 valence electrons. The summed E-state index contributed by atoms with van der Waals surface area (Å²) in [6.07, 6.45) is 1.68. The molecule has 0 aliphatic carbocycles. The van der Waals surface area contributed by atoms with Gasteiger partial charge in [-0.1, -0.05) is 6.92 Å². The van der Waals surface area contributed by atoms with Crippen molar-refractivity contribution in [2.45, 2.75) is 32.4 Å². The average molecular weight is 200 g/mol. The molecule has 0 saturated carbocycles. The van der Waals surface area contributed by atoms with E-state index in [9.17, 15) is 0 Å². The highest BCUT2D eigenvalue weighted by Gasteiger charge is 2.26. The van der Waals surface area contributed by atoms with Crippen LogP contribution in [0.25, 0.3) is 0 Å². The number of hydrogen-bond donors (Lipinski definition) is 1. The first-order valence-corrected chi connectivity index (χ1v) is 5.59. The minimum Gasteiger partial charge on any atom is -0.380 e. The molecule has 3 heteroatoms. The number of likely N-dealkylation sites (tertiary alicyclic amines) is 1. The standard InChI is InChI=1S/C11H24N2O/c1-9-5-6-13(7-10(2)12-3)8-11(9)14-4/h9-12H,5-8H2,1-4H3. The van der Waals surface area contributed by atoms with Gasteiger partial charge in [-0.2, -0.15) is 0 Å². The Hall–Kier alpha value is -0.120. The van der Waals surface area contributed by atoms with Crippen LogP contribution in [0, 0.1) is 5.92 Å². The summed E-state index contributed by atoms with van der Waals surface area (Å²) in [6, 6.07) is 0.570. The molecule has 1 aliphatic heterocycles. The van der Waals surface area contributed by atoms with Gasteiger partial charge in [-0.3, -0.25) is 4.90 Å². The molecule has 0 amide bonds. The first-order valence-electron chi connectivity index (χ1n) is 5.59. The lowest BCUT2D eigenvalue weighted by molar-refractivity contribution is -0.00669. The molecule has 0 spiro atoms. The lowest BCUT2D eigenvalue weighted by atomic mass is 9.95. The molecular formula is C11H24N2O. The second-order valence-corrected chi connectivity index (χ2v) is 4.49. The average Bonchev–Trinajstić information content (AvgIpc) is 2.20. The molecule has 1 rings (SSSR count). The molecule has 1 heterocycles. The minimum atomic E-state index is 0.424. The summed E-state index contributed by atoms with van der Waals surface area (Å²) >= 11 is 0. The maximum absolute atomic E-state index is 5.49. The molecule has 0 radical (unpaired) electrons. The van der Waals surface area contributed by atoms with Crippen LogP contribution in [0.2, 0.25) is 0 Å². The SMILES string of the molecule is CNC(C)CN1CCC(C)C(OC)C1. The lowest BCUT2D eigenvalue weighted by Crippen LogP contribution is -2.48. The van der Waals surface area contributed by atoms with Gasteiger partial charge in [0.25, 0.3) is 0 Å². The molecule has 0 aromatic carbocycles. The highest BCUT2D eigenvalue weighted by atomic mass is 16.5. The van der Waals surface area contributed by atoms with Gasteiger partial charge in [0.1, 0.15) is 0 Å². The van der Waals surface area contributed by atoms with E-state index in [1.165, 1.54) is 13.0 Å². The zero-order chi connectivity index (χ0) is 10.6. The number of hydrogen-bond acceptors (Lipinski definition) is 3. The van der Waals surface area contributed by atoms with E-state index >= 15 is 0 Å². The van der Waals surface area contributed by atoms with Gasteiger partial charge < -0.3 is 10.1 Å². The van der Waals surface area contributed by atoms with Crippen LogP contribution in [-0.2, 0) is 4.74 Å². The second-order valence-electron chi connectivity index (χ2n) is 4.49. The summed E-state index contributed by atoms with van der Waals surface area (Å²) in [5, 5.41) is 3.27. The largest absolute Gasteiger partial charge is 0.380 e. The van der Waals surface area contributed by atoms with Gasteiger partial charge in [-0.05, 0) is 32.9 Å². The first kappa shape index (κ1) is 12.0. The van der Waals surface area contributed by atoms with Gasteiger partial charge in [-0.25, -0.2) is 0 Å². The van der Waals surface area contributed by atoms with Crippen LogP contribution < -0.4 is 5.32 Å². The molecule has 0 bridgehead atoms. The number of piperidine rings is 1. The third-order valence-corrected chi connectivity index (χ3v) is 3.30. The smallest absolute Gasteiger partial charge is 0.0724 e. The molecule has 1 N–H and O–H groups in total. The van der Waals surface area contributed by atoms with Gasteiger partial charge >= 0.3 is 0 Å². The van der Waals surface area contributed by atoms with Crippen molar-refractivity contribution in [1.29, 1.82) is 0 Å². The van der Waals surface area contributed by atoms with Crippen molar-refractivity contribution in [2.75, 3.05) is 33.8 Å². The second kappa shape index (κ2) is 5.69. The fraction of sp³-hybridized carbons (Fsp3) is 1.00. The van der Waals surface area contributed by atoms with Crippen molar-refractivity contribution in [2.24, 2.45) is 5.92 Å². The van der Waals surface area contributed by atoms with Crippen LogP contribution in [0.5, 0.6) is 0 Å². The van der Waals surface area contributed by atoms with E-state index in [0.717, 1.165) is 13.1 Å². The first-order chi connectivity index (χ1) is 6.67. The van der Waals surface area contributed by atoms with Gasteiger partial charge in [0.2, 0.25) is 0 Å². The zero-order valence-corrected chi connectivity index (χ0v) is 9.92. The Morgan fingerprint density at radius 2 is 2.29 bits per heavy atom. The van der Waals surface area contributed by atoms with Gasteiger partial charge in [0.05, 0.1) is 6.10 Å². The molecule has 1 fully saturated rings. The number of likely N-dealkylation sites (N-methyl/N-ethyl adjacent to an activating group) is 1. The van der Waals surface area contributed by atoms with Gasteiger partial charge in [0, 0.05) is 26.2 Å². The summed E-state index contributed by atoms with van der Waals surface area (Å²) in [7, 11) is 3.84. The number of ether oxygens (including phenoxy) is 1. The maximum atomic E-state index is 5.49. The van der Waals surface area contributed by atoms with Crippen molar-refractivity contribution >= 4 is 0 Å². The monoisotopic (exact) mass is 200 g/mol. The van der Waals surface area contributed by atoms with Crippen molar-refractivity contribution in [1.82, 2.24) is 10.2 Å². The highest BCUT2D eigenvalue weighted by molar-refractivity contribution is 4.80. The summed E-state index contributed by atoms with van der Waals surface area (Å²) < 4.78 is 5.49. The Labute approximate surface area is 87.8 Å². The molecular weight excluding hydrogens is 176 g/mol. The summed E-state index contributed by atoms with van der Waals surface area (Å²) in [5.41, 5.74) is 0. The van der Waals surface area contributed by atoms with Crippen LogP contribution in [0.3, 0.4) is 0 Å². The number of nitrogens with one attached hydrogen (secondary N) is 1. The maximum Gasteiger partial charge on any atom is 0.0724 e. The van der Waals surface area contributed by atoms with Crippen molar-refractivity contribution in [3.8, 4) is 0 Å². The fourth-order valence-corrected chi connectivity index (χ4v) is 2.05. The van der Waals surface area contributed by atoms with E-state index in [4.69, 9.17) is 4.74 Å².